The summed E-state index contributed by atoms with van der Waals surface area (Å²) >= 11 is 0. The Balaban J connectivity index is 1.88. The molecular formula is C10H17NO2. The van der Waals surface area contributed by atoms with Gasteiger partial charge in [-0.15, -0.1) is 0 Å². The lowest BCUT2D eigenvalue weighted by molar-refractivity contribution is -0.145. The third-order valence-electron chi connectivity index (χ3n) is 3.50. The minimum absolute atomic E-state index is 0.105. The minimum atomic E-state index is -0.269. The van der Waals surface area contributed by atoms with Crippen LogP contribution in [0.4, 0.5) is 0 Å². The fraction of sp³-hybridized carbons (Fsp3) is 0.900. The van der Waals surface area contributed by atoms with Crippen LogP contribution in [0.15, 0.2) is 0 Å². The van der Waals surface area contributed by atoms with Gasteiger partial charge in [-0.3, -0.25) is 4.79 Å². The molecule has 74 valence electrons. The number of nitrogens with zero attached hydrogens (tertiary/aromatic N) is 1. The molecule has 2 rings (SSSR count). The monoisotopic (exact) mass is 183 g/mol. The van der Waals surface area contributed by atoms with Gasteiger partial charge in [-0.25, -0.2) is 0 Å². The zero-order chi connectivity index (χ0) is 9.42. The molecule has 0 aromatic carbocycles. The summed E-state index contributed by atoms with van der Waals surface area (Å²) in [5.41, 5.74) is 0. The summed E-state index contributed by atoms with van der Waals surface area (Å²) in [4.78, 5) is 13.5. The molecule has 2 fully saturated rings. The van der Waals surface area contributed by atoms with E-state index in [-0.39, 0.29) is 24.0 Å². The minimum Gasteiger partial charge on any atom is -0.391 e. The first-order chi connectivity index (χ1) is 6.20. The fourth-order valence-corrected chi connectivity index (χ4v) is 2.02. The number of aliphatic hydroxyl groups is 1. The van der Waals surface area contributed by atoms with Gasteiger partial charge < -0.3 is 10.0 Å². The molecule has 2 aliphatic rings. The van der Waals surface area contributed by atoms with Crippen molar-refractivity contribution < 1.29 is 9.90 Å². The van der Waals surface area contributed by atoms with Gasteiger partial charge in [0.1, 0.15) is 0 Å². The summed E-state index contributed by atoms with van der Waals surface area (Å²) in [6.45, 7) is 0. The van der Waals surface area contributed by atoms with Crippen molar-refractivity contribution in [2.75, 3.05) is 7.05 Å². The van der Waals surface area contributed by atoms with Gasteiger partial charge in [0, 0.05) is 13.0 Å². The fourth-order valence-electron chi connectivity index (χ4n) is 2.02. The first-order valence-electron chi connectivity index (χ1n) is 5.15. The summed E-state index contributed by atoms with van der Waals surface area (Å²) in [6.07, 6.45) is 4.84. The highest BCUT2D eigenvalue weighted by atomic mass is 16.3. The predicted molar refractivity (Wildman–Crippen MR) is 49.1 cm³/mol. The Labute approximate surface area is 78.7 Å². The smallest absolute Gasteiger partial charge is 0.225 e. The van der Waals surface area contributed by atoms with E-state index >= 15 is 0 Å². The Hall–Kier alpha value is -0.570. The zero-order valence-electron chi connectivity index (χ0n) is 8.07. The van der Waals surface area contributed by atoms with Crippen LogP contribution in [-0.4, -0.2) is 35.1 Å². The largest absolute Gasteiger partial charge is 0.391 e. The lowest BCUT2D eigenvalue weighted by atomic mass is 9.82. The lowest BCUT2D eigenvalue weighted by Gasteiger charge is -2.42. The van der Waals surface area contributed by atoms with Crippen molar-refractivity contribution in [2.24, 2.45) is 5.92 Å². The maximum Gasteiger partial charge on any atom is 0.225 e. The summed E-state index contributed by atoms with van der Waals surface area (Å²) in [6, 6.07) is 0.105. The van der Waals surface area contributed by atoms with Gasteiger partial charge in [0.2, 0.25) is 5.91 Å². The maximum absolute atomic E-state index is 11.7. The van der Waals surface area contributed by atoms with Crippen LogP contribution in [0.5, 0.6) is 0 Å². The molecule has 0 heterocycles. The van der Waals surface area contributed by atoms with Crippen LogP contribution in [0.25, 0.3) is 0 Å². The van der Waals surface area contributed by atoms with Crippen LogP contribution in [0, 0.1) is 5.92 Å². The van der Waals surface area contributed by atoms with E-state index in [1.165, 1.54) is 6.42 Å². The van der Waals surface area contributed by atoms with Gasteiger partial charge in [0.25, 0.3) is 0 Å². The standard InChI is InChI=1S/C10H17NO2/c1-11(8-5-6-9(8)12)10(13)7-3-2-4-7/h7-9,12H,2-6H2,1H3. The van der Waals surface area contributed by atoms with Gasteiger partial charge >= 0.3 is 0 Å². The van der Waals surface area contributed by atoms with Crippen LogP contribution >= 0.6 is 0 Å². The molecule has 2 saturated carbocycles. The van der Waals surface area contributed by atoms with E-state index in [0.29, 0.717) is 0 Å². The Kier molecular flexibility index (Phi) is 2.28. The predicted octanol–water partition coefficient (Wildman–Crippen LogP) is 0.768. The first-order valence-corrected chi connectivity index (χ1v) is 5.15. The molecule has 0 spiro atoms. The molecule has 0 aromatic heterocycles. The van der Waals surface area contributed by atoms with Crippen LogP contribution in [0.3, 0.4) is 0 Å². The number of carbonyl (C=O) groups is 1. The number of hydrogen-bond donors (Lipinski definition) is 1. The number of aliphatic hydroxyl groups excluding tert-OH is 1. The van der Waals surface area contributed by atoms with E-state index < -0.39 is 0 Å². The second kappa shape index (κ2) is 3.29. The van der Waals surface area contributed by atoms with Crippen LogP contribution in [0.1, 0.15) is 32.1 Å². The van der Waals surface area contributed by atoms with Gasteiger partial charge in [-0.05, 0) is 25.7 Å². The molecule has 0 aromatic rings. The van der Waals surface area contributed by atoms with Crippen molar-refractivity contribution in [3.63, 3.8) is 0 Å². The quantitative estimate of drug-likeness (QED) is 0.687. The average molecular weight is 183 g/mol. The third kappa shape index (κ3) is 1.46. The number of rotatable bonds is 2. The maximum atomic E-state index is 11.7. The molecule has 0 radical (unpaired) electrons. The molecule has 2 unspecified atom stereocenters. The number of carbonyl (C=O) groups excluding carboxylic acids is 1. The summed E-state index contributed by atoms with van der Waals surface area (Å²) < 4.78 is 0. The molecule has 3 heteroatoms. The van der Waals surface area contributed by atoms with Crippen molar-refractivity contribution in [1.29, 1.82) is 0 Å². The van der Waals surface area contributed by atoms with Crippen LogP contribution in [0.2, 0.25) is 0 Å². The van der Waals surface area contributed by atoms with Gasteiger partial charge in [-0.1, -0.05) is 6.42 Å². The highest BCUT2D eigenvalue weighted by Crippen LogP contribution is 2.31. The van der Waals surface area contributed by atoms with Crippen LogP contribution < -0.4 is 0 Å². The molecule has 1 N–H and O–H groups in total. The van der Waals surface area contributed by atoms with Crippen molar-refractivity contribution in [1.82, 2.24) is 4.90 Å². The molecule has 0 aliphatic heterocycles. The zero-order valence-corrected chi connectivity index (χ0v) is 8.07. The molecule has 13 heavy (non-hydrogen) atoms. The molecule has 0 bridgehead atoms. The van der Waals surface area contributed by atoms with E-state index in [2.05, 4.69) is 0 Å². The number of hydrogen-bond acceptors (Lipinski definition) is 2. The van der Waals surface area contributed by atoms with E-state index in [9.17, 15) is 9.90 Å². The lowest BCUT2D eigenvalue weighted by Crippen LogP contribution is -2.53. The molecule has 0 saturated heterocycles. The molecule has 3 nitrogen and oxygen atoms in total. The summed E-state index contributed by atoms with van der Waals surface area (Å²) in [7, 11) is 1.83. The van der Waals surface area contributed by atoms with Crippen molar-refractivity contribution >= 4 is 5.91 Å². The molecule has 1 amide bonds. The Bertz CT molecular complexity index is 213. The highest BCUT2D eigenvalue weighted by Gasteiger charge is 2.37. The third-order valence-corrected chi connectivity index (χ3v) is 3.50. The molecular weight excluding hydrogens is 166 g/mol. The van der Waals surface area contributed by atoms with E-state index in [4.69, 9.17) is 0 Å². The van der Waals surface area contributed by atoms with E-state index in [1.807, 2.05) is 7.05 Å². The van der Waals surface area contributed by atoms with Crippen molar-refractivity contribution in [2.45, 2.75) is 44.2 Å². The normalized spacial score (nSPS) is 33.4. The first kappa shape index (κ1) is 9.00. The Morgan fingerprint density at radius 1 is 1.31 bits per heavy atom. The molecule has 2 atom stereocenters. The number of likely N-dealkylation sites (N-methyl/N-ethyl adjacent to an activating group) is 1. The second-order valence-electron chi connectivity index (χ2n) is 4.29. The average Bonchev–Trinajstić information content (AvgIpc) is 1.98. The second-order valence-corrected chi connectivity index (χ2v) is 4.29. The van der Waals surface area contributed by atoms with Crippen molar-refractivity contribution in [3.8, 4) is 0 Å². The molecule has 2 aliphatic carbocycles. The SMILES string of the molecule is CN(C(=O)C1CCC1)C1CCC1O. The number of amides is 1. The topological polar surface area (TPSA) is 40.5 Å². The summed E-state index contributed by atoms with van der Waals surface area (Å²) in [5, 5.41) is 9.41. The van der Waals surface area contributed by atoms with Gasteiger partial charge in [-0.2, -0.15) is 0 Å². The highest BCUT2D eigenvalue weighted by molar-refractivity contribution is 5.79. The van der Waals surface area contributed by atoms with E-state index in [0.717, 1.165) is 25.7 Å². The van der Waals surface area contributed by atoms with E-state index in [1.54, 1.807) is 4.90 Å². The Morgan fingerprint density at radius 3 is 2.31 bits per heavy atom. The Morgan fingerprint density at radius 2 is 2.00 bits per heavy atom. The summed E-state index contributed by atoms with van der Waals surface area (Å²) in [5.74, 6) is 0.507. The van der Waals surface area contributed by atoms with Gasteiger partial charge in [0.05, 0.1) is 12.1 Å². The van der Waals surface area contributed by atoms with Crippen LogP contribution in [-0.2, 0) is 4.79 Å². The van der Waals surface area contributed by atoms with Crippen molar-refractivity contribution in [3.05, 3.63) is 0 Å². The van der Waals surface area contributed by atoms with Gasteiger partial charge in [0.15, 0.2) is 0 Å².